The van der Waals surface area contributed by atoms with Crippen molar-refractivity contribution in [1.29, 1.82) is 0 Å². The van der Waals surface area contributed by atoms with Gasteiger partial charge in [0.05, 0.1) is 0 Å². The predicted molar refractivity (Wildman–Crippen MR) is 75.7 cm³/mol. The zero-order valence-corrected chi connectivity index (χ0v) is 12.1. The fraction of sp³-hybridized carbons (Fsp3) is 0.364. The number of rotatable bonds is 3. The number of halogens is 1. The minimum atomic E-state index is -0.0596. The Labute approximate surface area is 113 Å². The summed E-state index contributed by atoms with van der Waals surface area (Å²) in [5.74, 6) is 1.05. The van der Waals surface area contributed by atoms with E-state index in [-0.39, 0.29) is 6.23 Å². The molecule has 0 N–H and O–H groups in total. The molecule has 0 radical (unpaired) electrons. The normalized spacial score (nSPS) is 17.9. The Morgan fingerprint density at radius 2 is 2.12 bits per heavy atom. The van der Waals surface area contributed by atoms with E-state index in [9.17, 15) is 0 Å². The van der Waals surface area contributed by atoms with Crippen LogP contribution < -0.4 is 0 Å². The Hall–Kier alpha value is -0.100. The standard InChI is InChI=1S/C11H12BrNOS2/c1-14-10(13-6-7-16-11(13)15)8-2-4-9(12)5-3-8/h2-5,10H,6-7H2,1H3. The lowest BCUT2D eigenvalue weighted by Gasteiger charge is -2.27. The zero-order chi connectivity index (χ0) is 11.5. The van der Waals surface area contributed by atoms with Gasteiger partial charge >= 0.3 is 0 Å². The van der Waals surface area contributed by atoms with Crippen LogP contribution in [0.25, 0.3) is 0 Å². The number of hydrogen-bond donors (Lipinski definition) is 0. The summed E-state index contributed by atoms with van der Waals surface area (Å²) in [6, 6.07) is 8.16. The Morgan fingerprint density at radius 3 is 2.62 bits per heavy atom. The van der Waals surface area contributed by atoms with Crippen molar-refractivity contribution in [2.45, 2.75) is 6.23 Å². The third kappa shape index (κ3) is 2.59. The molecule has 1 aliphatic rings. The molecule has 0 bridgehead atoms. The summed E-state index contributed by atoms with van der Waals surface area (Å²) in [4.78, 5) is 2.13. The molecule has 16 heavy (non-hydrogen) atoms. The molecule has 1 saturated heterocycles. The summed E-state index contributed by atoms with van der Waals surface area (Å²) in [5.41, 5.74) is 1.13. The molecule has 2 nitrogen and oxygen atoms in total. The van der Waals surface area contributed by atoms with Crippen molar-refractivity contribution in [3.05, 3.63) is 34.3 Å². The van der Waals surface area contributed by atoms with Crippen LogP contribution in [0.15, 0.2) is 28.7 Å². The predicted octanol–water partition coefficient (Wildman–Crippen LogP) is 3.43. The van der Waals surface area contributed by atoms with Crippen molar-refractivity contribution >= 4 is 44.2 Å². The van der Waals surface area contributed by atoms with E-state index in [1.807, 2.05) is 12.1 Å². The van der Waals surface area contributed by atoms with Crippen LogP contribution in [0.4, 0.5) is 0 Å². The van der Waals surface area contributed by atoms with Gasteiger partial charge in [0.25, 0.3) is 0 Å². The number of nitrogens with zero attached hydrogens (tertiary/aromatic N) is 1. The minimum absolute atomic E-state index is 0.0596. The molecule has 1 atom stereocenters. The number of thiocarbonyl (C=S) groups is 1. The summed E-state index contributed by atoms with van der Waals surface area (Å²) < 4.78 is 7.54. The monoisotopic (exact) mass is 317 g/mol. The van der Waals surface area contributed by atoms with Crippen LogP contribution in [0.5, 0.6) is 0 Å². The van der Waals surface area contributed by atoms with Crippen LogP contribution in [0.2, 0.25) is 0 Å². The van der Waals surface area contributed by atoms with E-state index in [1.165, 1.54) is 0 Å². The Morgan fingerprint density at radius 1 is 1.44 bits per heavy atom. The van der Waals surface area contributed by atoms with E-state index in [0.29, 0.717) is 0 Å². The van der Waals surface area contributed by atoms with Crippen molar-refractivity contribution in [2.24, 2.45) is 0 Å². The van der Waals surface area contributed by atoms with E-state index < -0.39 is 0 Å². The summed E-state index contributed by atoms with van der Waals surface area (Å²) in [6.07, 6.45) is -0.0596. The van der Waals surface area contributed by atoms with Crippen LogP contribution in [-0.2, 0) is 4.74 Å². The summed E-state index contributed by atoms with van der Waals surface area (Å²) in [5, 5.41) is 0. The first kappa shape index (κ1) is 12.4. The van der Waals surface area contributed by atoms with Gasteiger partial charge in [-0.25, -0.2) is 0 Å². The van der Waals surface area contributed by atoms with Gasteiger partial charge in [0.2, 0.25) is 0 Å². The lowest BCUT2D eigenvalue weighted by atomic mass is 10.2. The second-order valence-electron chi connectivity index (χ2n) is 3.45. The summed E-state index contributed by atoms with van der Waals surface area (Å²) >= 11 is 10.5. The fourth-order valence-corrected chi connectivity index (χ4v) is 3.21. The zero-order valence-electron chi connectivity index (χ0n) is 8.85. The Kier molecular flexibility index (Phi) is 4.24. The molecule has 1 fully saturated rings. The van der Waals surface area contributed by atoms with Gasteiger partial charge in [-0.1, -0.05) is 52.0 Å². The maximum absolute atomic E-state index is 5.54. The molecule has 0 spiro atoms. The van der Waals surface area contributed by atoms with Gasteiger partial charge in [0, 0.05) is 29.4 Å². The molecular formula is C11H12BrNOS2. The molecule has 0 saturated carbocycles. The van der Waals surface area contributed by atoms with Crippen LogP contribution in [0.1, 0.15) is 11.8 Å². The molecule has 0 amide bonds. The molecule has 0 aromatic heterocycles. The van der Waals surface area contributed by atoms with Gasteiger partial charge in [-0.05, 0) is 12.1 Å². The number of benzene rings is 1. The largest absolute Gasteiger partial charge is 0.357 e. The molecule has 2 rings (SSSR count). The van der Waals surface area contributed by atoms with Gasteiger partial charge in [0.15, 0.2) is 6.23 Å². The quantitative estimate of drug-likeness (QED) is 0.791. The van der Waals surface area contributed by atoms with Gasteiger partial charge in [-0.3, -0.25) is 0 Å². The summed E-state index contributed by atoms with van der Waals surface area (Å²) in [7, 11) is 1.72. The number of ether oxygens (including phenoxy) is 1. The van der Waals surface area contributed by atoms with Gasteiger partial charge in [-0.2, -0.15) is 0 Å². The molecule has 1 aliphatic heterocycles. The Balaban J connectivity index is 2.21. The maximum atomic E-state index is 5.54. The van der Waals surface area contributed by atoms with Crippen LogP contribution >= 0.6 is 39.9 Å². The highest BCUT2D eigenvalue weighted by Gasteiger charge is 2.26. The van der Waals surface area contributed by atoms with E-state index >= 15 is 0 Å². The number of hydrogen-bond acceptors (Lipinski definition) is 3. The van der Waals surface area contributed by atoms with E-state index in [2.05, 4.69) is 33.0 Å². The van der Waals surface area contributed by atoms with Crippen LogP contribution in [0, 0.1) is 0 Å². The highest BCUT2D eigenvalue weighted by Crippen LogP contribution is 2.30. The lowest BCUT2D eigenvalue weighted by Crippen LogP contribution is -2.29. The third-order valence-electron chi connectivity index (χ3n) is 2.45. The van der Waals surface area contributed by atoms with Crippen molar-refractivity contribution in [1.82, 2.24) is 4.90 Å². The molecule has 0 aliphatic carbocycles. The van der Waals surface area contributed by atoms with Crippen molar-refractivity contribution in [3.8, 4) is 0 Å². The first-order valence-corrected chi connectivity index (χ1v) is 7.12. The fourth-order valence-electron chi connectivity index (χ4n) is 1.69. The first-order chi connectivity index (χ1) is 7.72. The highest BCUT2D eigenvalue weighted by molar-refractivity contribution is 9.10. The minimum Gasteiger partial charge on any atom is -0.357 e. The molecule has 1 aromatic carbocycles. The number of thioether (sulfide) groups is 1. The first-order valence-electron chi connectivity index (χ1n) is 4.94. The third-order valence-corrected chi connectivity index (χ3v) is 4.44. The molecule has 1 aromatic rings. The molecule has 1 heterocycles. The van der Waals surface area contributed by atoms with Gasteiger partial charge < -0.3 is 9.64 Å². The number of methoxy groups -OCH3 is 1. The highest BCUT2D eigenvalue weighted by atomic mass is 79.9. The van der Waals surface area contributed by atoms with Crippen molar-refractivity contribution < 1.29 is 4.74 Å². The molecule has 1 unspecified atom stereocenters. The lowest BCUT2D eigenvalue weighted by molar-refractivity contribution is 0.0130. The average molecular weight is 318 g/mol. The van der Waals surface area contributed by atoms with Gasteiger partial charge in [0.1, 0.15) is 4.32 Å². The van der Waals surface area contributed by atoms with E-state index in [0.717, 1.165) is 26.7 Å². The van der Waals surface area contributed by atoms with Crippen LogP contribution in [-0.4, -0.2) is 28.6 Å². The second kappa shape index (κ2) is 5.49. The van der Waals surface area contributed by atoms with E-state index in [4.69, 9.17) is 17.0 Å². The van der Waals surface area contributed by atoms with E-state index in [1.54, 1.807) is 18.9 Å². The van der Waals surface area contributed by atoms with Crippen molar-refractivity contribution in [3.63, 3.8) is 0 Å². The molecule has 86 valence electrons. The van der Waals surface area contributed by atoms with Crippen molar-refractivity contribution in [2.75, 3.05) is 19.4 Å². The molecular weight excluding hydrogens is 306 g/mol. The smallest absolute Gasteiger partial charge is 0.157 e. The topological polar surface area (TPSA) is 12.5 Å². The maximum Gasteiger partial charge on any atom is 0.157 e. The Bertz CT molecular complexity index is 382. The van der Waals surface area contributed by atoms with Gasteiger partial charge in [-0.15, -0.1) is 0 Å². The molecule has 5 heteroatoms. The SMILES string of the molecule is COC(c1ccc(Br)cc1)N1CCSC1=S. The summed E-state index contributed by atoms with van der Waals surface area (Å²) in [6.45, 7) is 0.956. The van der Waals surface area contributed by atoms with Crippen LogP contribution in [0.3, 0.4) is 0 Å². The second-order valence-corrected chi connectivity index (χ2v) is 6.09. The average Bonchev–Trinajstić information content (AvgIpc) is 2.69.